The molecule has 2 aromatic heterocycles. The van der Waals surface area contributed by atoms with E-state index in [0.29, 0.717) is 12.2 Å². The average molecular weight is 210 g/mol. The number of H-pyrrole nitrogens is 3. The molecular formula is C8H10N4O3. The Labute approximate surface area is 83.2 Å². The number of aromatic nitrogens is 4. The monoisotopic (exact) mass is 210 g/mol. The lowest BCUT2D eigenvalue weighted by atomic mass is 10.3. The van der Waals surface area contributed by atoms with Gasteiger partial charge in [0.15, 0.2) is 5.65 Å². The topological polar surface area (TPSA) is 115 Å². The van der Waals surface area contributed by atoms with Gasteiger partial charge in [-0.1, -0.05) is 0 Å². The Kier molecular flexibility index (Phi) is 2.16. The predicted octanol–water partition coefficient (Wildman–Crippen LogP) is -1.14. The first-order valence-electron chi connectivity index (χ1n) is 4.45. The van der Waals surface area contributed by atoms with Gasteiger partial charge in [-0.3, -0.25) is 14.8 Å². The van der Waals surface area contributed by atoms with Crippen LogP contribution in [0.1, 0.15) is 12.7 Å². The van der Waals surface area contributed by atoms with Crippen LogP contribution in [0, 0.1) is 0 Å². The third-order valence-corrected chi connectivity index (χ3v) is 1.93. The lowest BCUT2D eigenvalue weighted by Gasteiger charge is -1.97. The van der Waals surface area contributed by atoms with E-state index in [1.165, 1.54) is 0 Å². The van der Waals surface area contributed by atoms with E-state index < -0.39 is 17.4 Å². The molecule has 2 heterocycles. The molecule has 0 fully saturated rings. The molecule has 0 aliphatic heterocycles. The molecular weight excluding hydrogens is 200 g/mol. The summed E-state index contributed by atoms with van der Waals surface area (Å²) in [7, 11) is 0. The SMILES string of the molecule is CC(O)Cc1nc2[nH]c(=O)[nH]c(=O)c2[nH]1. The number of hydrogen-bond acceptors (Lipinski definition) is 4. The second-order valence-electron chi connectivity index (χ2n) is 3.37. The third-order valence-electron chi connectivity index (χ3n) is 1.93. The predicted molar refractivity (Wildman–Crippen MR) is 52.7 cm³/mol. The van der Waals surface area contributed by atoms with Crippen molar-refractivity contribution >= 4 is 11.2 Å². The Hall–Kier alpha value is -1.89. The van der Waals surface area contributed by atoms with Crippen molar-refractivity contribution < 1.29 is 5.11 Å². The van der Waals surface area contributed by atoms with Gasteiger partial charge in [0, 0.05) is 6.42 Å². The van der Waals surface area contributed by atoms with Crippen LogP contribution >= 0.6 is 0 Å². The molecule has 0 radical (unpaired) electrons. The Bertz CT molecular complexity index is 592. The molecule has 1 unspecified atom stereocenters. The smallest absolute Gasteiger partial charge is 0.327 e. The largest absolute Gasteiger partial charge is 0.393 e. The van der Waals surface area contributed by atoms with E-state index in [4.69, 9.17) is 5.11 Å². The molecule has 0 saturated carbocycles. The molecule has 0 aliphatic carbocycles. The third kappa shape index (κ3) is 1.82. The maximum Gasteiger partial charge on any atom is 0.327 e. The van der Waals surface area contributed by atoms with E-state index in [-0.39, 0.29) is 11.2 Å². The second kappa shape index (κ2) is 3.35. The molecule has 80 valence electrons. The Morgan fingerprint density at radius 2 is 2.07 bits per heavy atom. The summed E-state index contributed by atoms with van der Waals surface area (Å²) in [5.41, 5.74) is -0.690. The van der Waals surface area contributed by atoms with E-state index >= 15 is 0 Å². The highest BCUT2D eigenvalue weighted by Crippen LogP contribution is 2.03. The normalized spacial score (nSPS) is 13.2. The van der Waals surface area contributed by atoms with Crippen LogP contribution in [-0.4, -0.2) is 31.1 Å². The van der Waals surface area contributed by atoms with E-state index in [0.717, 1.165) is 0 Å². The van der Waals surface area contributed by atoms with Gasteiger partial charge in [0.05, 0.1) is 6.10 Å². The summed E-state index contributed by atoms with van der Waals surface area (Å²) in [5.74, 6) is 0.465. The summed E-state index contributed by atoms with van der Waals surface area (Å²) < 4.78 is 0. The molecule has 1 atom stereocenters. The lowest BCUT2D eigenvalue weighted by molar-refractivity contribution is 0.193. The summed E-state index contributed by atoms with van der Waals surface area (Å²) in [4.78, 5) is 33.4. The molecule has 15 heavy (non-hydrogen) atoms. The van der Waals surface area contributed by atoms with E-state index in [9.17, 15) is 9.59 Å². The summed E-state index contributed by atoms with van der Waals surface area (Å²) >= 11 is 0. The van der Waals surface area contributed by atoms with E-state index in [1.54, 1.807) is 6.92 Å². The number of aliphatic hydroxyl groups is 1. The number of aromatic amines is 3. The first kappa shape index (κ1) is 9.66. The number of hydrogen-bond donors (Lipinski definition) is 4. The zero-order chi connectivity index (χ0) is 11.0. The molecule has 0 bridgehead atoms. The number of aliphatic hydroxyl groups excluding tert-OH is 1. The summed E-state index contributed by atoms with van der Waals surface area (Å²) in [6.07, 6.45) is -0.257. The standard InChI is InChI=1S/C8H10N4O3/c1-3(13)2-4-9-5-6(10-4)11-8(15)12-7(5)14/h3,13H,2H2,1H3,(H3,9,10,11,12,14,15). The molecule has 0 spiro atoms. The van der Waals surface area contributed by atoms with Crippen molar-refractivity contribution in [1.82, 2.24) is 19.9 Å². The maximum absolute atomic E-state index is 11.3. The Morgan fingerprint density at radius 3 is 2.73 bits per heavy atom. The zero-order valence-corrected chi connectivity index (χ0v) is 8.00. The first-order chi connectivity index (χ1) is 7.06. The lowest BCUT2D eigenvalue weighted by Crippen LogP contribution is -2.21. The molecule has 7 heteroatoms. The van der Waals surface area contributed by atoms with Crippen molar-refractivity contribution in [3.63, 3.8) is 0 Å². The van der Waals surface area contributed by atoms with Gasteiger partial charge in [-0.05, 0) is 6.92 Å². The number of fused-ring (bicyclic) bond motifs is 1. The molecule has 0 aliphatic rings. The molecule has 0 saturated heterocycles. The van der Waals surface area contributed by atoms with Gasteiger partial charge >= 0.3 is 5.69 Å². The number of nitrogens with zero attached hydrogens (tertiary/aromatic N) is 1. The van der Waals surface area contributed by atoms with Crippen molar-refractivity contribution in [2.75, 3.05) is 0 Å². The minimum Gasteiger partial charge on any atom is -0.393 e. The van der Waals surface area contributed by atoms with Crippen molar-refractivity contribution in [3.05, 3.63) is 26.7 Å². The minimum absolute atomic E-state index is 0.208. The van der Waals surface area contributed by atoms with Crippen LogP contribution in [-0.2, 0) is 6.42 Å². The fourth-order valence-corrected chi connectivity index (χ4v) is 1.36. The van der Waals surface area contributed by atoms with Crippen LogP contribution < -0.4 is 11.2 Å². The fourth-order valence-electron chi connectivity index (χ4n) is 1.36. The van der Waals surface area contributed by atoms with Crippen molar-refractivity contribution in [3.8, 4) is 0 Å². The fraction of sp³-hybridized carbons (Fsp3) is 0.375. The van der Waals surface area contributed by atoms with Gasteiger partial charge in [-0.2, -0.15) is 0 Å². The summed E-state index contributed by atoms with van der Waals surface area (Å²) in [6, 6.07) is 0. The molecule has 4 N–H and O–H groups in total. The highest BCUT2D eigenvalue weighted by molar-refractivity contribution is 5.68. The van der Waals surface area contributed by atoms with Gasteiger partial charge < -0.3 is 10.1 Å². The highest BCUT2D eigenvalue weighted by Gasteiger charge is 2.08. The van der Waals surface area contributed by atoms with Crippen molar-refractivity contribution in [1.29, 1.82) is 0 Å². The first-order valence-corrected chi connectivity index (χ1v) is 4.45. The number of nitrogens with one attached hydrogen (secondary N) is 3. The van der Waals surface area contributed by atoms with Crippen LogP contribution in [0.2, 0.25) is 0 Å². The van der Waals surface area contributed by atoms with Crippen LogP contribution in [0.4, 0.5) is 0 Å². The summed E-state index contributed by atoms with van der Waals surface area (Å²) in [6.45, 7) is 1.61. The molecule has 2 aromatic rings. The van der Waals surface area contributed by atoms with Crippen molar-refractivity contribution in [2.24, 2.45) is 0 Å². The van der Waals surface area contributed by atoms with Gasteiger partial charge in [0.25, 0.3) is 5.56 Å². The van der Waals surface area contributed by atoms with Crippen LogP contribution in [0.3, 0.4) is 0 Å². The summed E-state index contributed by atoms with van der Waals surface area (Å²) in [5, 5.41) is 9.14. The molecule has 0 aromatic carbocycles. The van der Waals surface area contributed by atoms with Gasteiger partial charge in [-0.25, -0.2) is 9.78 Å². The van der Waals surface area contributed by atoms with Gasteiger partial charge in [0.2, 0.25) is 0 Å². The highest BCUT2D eigenvalue weighted by atomic mass is 16.3. The van der Waals surface area contributed by atoms with Crippen LogP contribution in [0.25, 0.3) is 11.2 Å². The zero-order valence-electron chi connectivity index (χ0n) is 8.00. The molecule has 0 amide bonds. The molecule has 2 rings (SSSR count). The Balaban J connectivity index is 2.60. The number of rotatable bonds is 2. The van der Waals surface area contributed by atoms with E-state index in [1.807, 2.05) is 0 Å². The number of imidazole rings is 1. The van der Waals surface area contributed by atoms with Gasteiger partial charge in [0.1, 0.15) is 11.3 Å². The second-order valence-corrected chi connectivity index (χ2v) is 3.37. The van der Waals surface area contributed by atoms with E-state index in [2.05, 4.69) is 19.9 Å². The van der Waals surface area contributed by atoms with Crippen molar-refractivity contribution in [2.45, 2.75) is 19.4 Å². The van der Waals surface area contributed by atoms with Gasteiger partial charge in [-0.15, -0.1) is 0 Å². The maximum atomic E-state index is 11.3. The average Bonchev–Trinajstić information content (AvgIpc) is 2.45. The van der Waals surface area contributed by atoms with Crippen LogP contribution in [0.5, 0.6) is 0 Å². The van der Waals surface area contributed by atoms with Crippen LogP contribution in [0.15, 0.2) is 9.59 Å². The molecule has 7 nitrogen and oxygen atoms in total. The minimum atomic E-state index is -0.595. The quantitative estimate of drug-likeness (QED) is 0.501. The Morgan fingerprint density at radius 1 is 1.33 bits per heavy atom.